The Kier molecular flexibility index (Phi) is 10.5. The van der Waals surface area contributed by atoms with E-state index < -0.39 is 85.8 Å². The lowest BCUT2D eigenvalue weighted by Gasteiger charge is -2.36. The molecule has 52 heavy (non-hydrogen) atoms. The number of carbonyl (C=O) groups excluding carboxylic acids is 5. The molecule has 15 nitrogen and oxygen atoms in total. The van der Waals surface area contributed by atoms with Crippen molar-refractivity contribution >= 4 is 45.6 Å². The first kappa shape index (κ1) is 38.4. The lowest BCUT2D eigenvalue weighted by atomic mass is 9.85. The highest BCUT2D eigenvalue weighted by Gasteiger charge is 2.62. The van der Waals surface area contributed by atoms with Gasteiger partial charge in [-0.3, -0.25) is 24.4 Å². The van der Waals surface area contributed by atoms with E-state index in [2.05, 4.69) is 27.3 Å². The van der Waals surface area contributed by atoms with Crippen LogP contribution in [-0.4, -0.2) is 88.9 Å². The minimum Gasteiger partial charge on any atom is -0.444 e. The minimum absolute atomic E-state index is 0.100. The maximum Gasteiger partial charge on any atom is 0.412 e. The van der Waals surface area contributed by atoms with E-state index >= 15 is 0 Å². The van der Waals surface area contributed by atoms with Crippen LogP contribution in [0.25, 0.3) is 5.69 Å². The minimum atomic E-state index is -3.93. The lowest BCUT2D eigenvalue weighted by Crippen LogP contribution is -2.60. The molecule has 2 aromatic rings. The van der Waals surface area contributed by atoms with Gasteiger partial charge in [0.25, 0.3) is 5.91 Å². The summed E-state index contributed by atoms with van der Waals surface area (Å²) in [6, 6.07) is 8.31. The first-order chi connectivity index (χ1) is 24.2. The van der Waals surface area contributed by atoms with Crippen molar-refractivity contribution in [1.82, 2.24) is 24.8 Å². The Morgan fingerprint density at radius 3 is 2.21 bits per heavy atom. The standard InChI is InChI=1S/C36H48N6O9S/c1-8-22-20-36(22,31(45)40-52(48,49)24-15-16-24)39-29(43)27-19-23(50-32(46)37-25-13-9-10-14-26(25)41-17-11-12-18-41)21-42(27)30(44)28(34(2,3)4)38-33(47)51-35(5,6)7/h8-14,17-18,22-24,27-28H,1,15-16,19-21H2,2-7H3,(H,37,46)(H,38,47)(H,39,43)(H,40,45)/t22?,23-,27+,28-,36-/m1/s1. The molecular formula is C36H48N6O9S. The molecule has 3 aliphatic rings. The van der Waals surface area contributed by atoms with Crippen LogP contribution in [-0.2, 0) is 33.9 Å². The summed E-state index contributed by atoms with van der Waals surface area (Å²) in [4.78, 5) is 69.3. The number of anilines is 1. The van der Waals surface area contributed by atoms with Gasteiger partial charge >= 0.3 is 12.2 Å². The van der Waals surface area contributed by atoms with Crippen LogP contribution in [0.2, 0.25) is 0 Å². The van der Waals surface area contributed by atoms with E-state index in [4.69, 9.17) is 9.47 Å². The second-order valence-electron chi connectivity index (χ2n) is 15.6. The number of likely N-dealkylation sites (tertiary alicyclic amines) is 1. The Balaban J connectivity index is 1.39. The summed E-state index contributed by atoms with van der Waals surface area (Å²) < 4.78 is 40.4. The molecule has 0 radical (unpaired) electrons. The van der Waals surface area contributed by atoms with E-state index in [9.17, 15) is 32.4 Å². The van der Waals surface area contributed by atoms with Crippen molar-refractivity contribution < 1.29 is 41.9 Å². The van der Waals surface area contributed by atoms with Crippen molar-refractivity contribution in [2.45, 2.75) is 102 Å². The second kappa shape index (κ2) is 14.3. The summed E-state index contributed by atoms with van der Waals surface area (Å²) in [5.41, 5.74) is -2.19. The summed E-state index contributed by atoms with van der Waals surface area (Å²) in [7, 11) is -3.93. The number of hydrogen-bond acceptors (Lipinski definition) is 9. The third-order valence-corrected chi connectivity index (χ3v) is 11.0. The zero-order chi connectivity index (χ0) is 38.2. The number of benzene rings is 1. The average molecular weight is 741 g/mol. The van der Waals surface area contributed by atoms with Gasteiger partial charge < -0.3 is 29.6 Å². The number of nitrogens with zero attached hydrogens (tertiary/aromatic N) is 2. The largest absolute Gasteiger partial charge is 0.444 e. The number of para-hydroxylation sites is 2. The Morgan fingerprint density at radius 2 is 1.63 bits per heavy atom. The molecular weight excluding hydrogens is 692 g/mol. The van der Waals surface area contributed by atoms with Gasteiger partial charge in [-0.1, -0.05) is 39.0 Å². The lowest BCUT2D eigenvalue weighted by molar-refractivity contribution is -0.143. The highest BCUT2D eigenvalue weighted by Crippen LogP contribution is 2.45. The number of nitrogens with one attached hydrogen (secondary N) is 4. The fourth-order valence-corrected chi connectivity index (χ4v) is 7.59. The predicted molar refractivity (Wildman–Crippen MR) is 192 cm³/mol. The van der Waals surface area contributed by atoms with Gasteiger partial charge in [0, 0.05) is 24.7 Å². The fourth-order valence-electron chi connectivity index (χ4n) is 6.22. The van der Waals surface area contributed by atoms with Crippen LogP contribution >= 0.6 is 0 Å². The quantitative estimate of drug-likeness (QED) is 0.249. The Bertz CT molecular complexity index is 1830. The molecule has 0 spiro atoms. The van der Waals surface area contributed by atoms with E-state index in [0.717, 1.165) is 0 Å². The van der Waals surface area contributed by atoms with Crippen molar-refractivity contribution in [1.29, 1.82) is 0 Å². The maximum atomic E-state index is 14.4. The molecule has 16 heteroatoms. The van der Waals surface area contributed by atoms with Crippen molar-refractivity contribution in [2.24, 2.45) is 11.3 Å². The zero-order valence-corrected chi connectivity index (χ0v) is 31.1. The van der Waals surface area contributed by atoms with Gasteiger partial charge in [-0.25, -0.2) is 18.0 Å². The normalized spacial score (nSPS) is 23.5. The average Bonchev–Trinajstić information content (AvgIpc) is 3.91. The van der Waals surface area contributed by atoms with Crippen LogP contribution in [0, 0.1) is 11.3 Å². The molecule has 1 aromatic heterocycles. The first-order valence-corrected chi connectivity index (χ1v) is 18.8. The van der Waals surface area contributed by atoms with Gasteiger partial charge in [-0.05, 0) is 69.7 Å². The van der Waals surface area contributed by atoms with Crippen LogP contribution in [0.15, 0.2) is 61.4 Å². The van der Waals surface area contributed by atoms with Gasteiger partial charge in [-0.15, -0.1) is 6.58 Å². The SMILES string of the molecule is C=CC1C[C@]1(NC(=O)[C@@H]1C[C@@H](OC(=O)Nc2ccccc2-n2cccc2)CN1C(=O)[C@@H](NC(=O)OC(C)(C)C)C(C)(C)C)C(=O)NS(=O)(=O)C1CC1. The van der Waals surface area contributed by atoms with Crippen molar-refractivity contribution in [2.75, 3.05) is 11.9 Å². The number of hydrogen-bond donors (Lipinski definition) is 4. The number of amides is 5. The molecule has 1 saturated heterocycles. The first-order valence-electron chi connectivity index (χ1n) is 17.2. The predicted octanol–water partition coefficient (Wildman–Crippen LogP) is 3.60. The van der Waals surface area contributed by atoms with Crippen LogP contribution < -0.4 is 20.7 Å². The molecule has 282 valence electrons. The molecule has 0 bridgehead atoms. The highest BCUT2D eigenvalue weighted by atomic mass is 32.2. The molecule has 2 saturated carbocycles. The van der Waals surface area contributed by atoms with Gasteiger partial charge in [0.05, 0.1) is 23.2 Å². The van der Waals surface area contributed by atoms with Crippen LogP contribution in [0.4, 0.5) is 15.3 Å². The number of carbonyl (C=O) groups is 5. The molecule has 2 heterocycles. The van der Waals surface area contributed by atoms with Crippen LogP contribution in [0.5, 0.6) is 0 Å². The molecule has 1 aliphatic heterocycles. The molecule has 1 unspecified atom stereocenters. The summed E-state index contributed by atoms with van der Waals surface area (Å²) >= 11 is 0. The van der Waals surface area contributed by atoms with Crippen molar-refractivity contribution in [3.63, 3.8) is 0 Å². The summed E-state index contributed by atoms with van der Waals surface area (Å²) in [6.07, 6.45) is 3.28. The Morgan fingerprint density at radius 1 is 0.981 bits per heavy atom. The number of sulfonamides is 1. The zero-order valence-electron chi connectivity index (χ0n) is 30.3. The summed E-state index contributed by atoms with van der Waals surface area (Å²) in [5.74, 6) is -2.85. The van der Waals surface area contributed by atoms with Gasteiger partial charge in [0.2, 0.25) is 21.8 Å². The van der Waals surface area contributed by atoms with Crippen LogP contribution in [0.3, 0.4) is 0 Å². The molecule has 2 aliphatic carbocycles. The number of ether oxygens (including phenoxy) is 2. The smallest absolute Gasteiger partial charge is 0.412 e. The molecule has 4 N–H and O–H groups in total. The van der Waals surface area contributed by atoms with E-state index in [1.807, 2.05) is 41.2 Å². The maximum absolute atomic E-state index is 14.4. The Hall–Kier alpha value is -4.86. The number of aromatic nitrogens is 1. The van der Waals surface area contributed by atoms with E-state index in [0.29, 0.717) is 24.2 Å². The topological polar surface area (TPSA) is 194 Å². The number of rotatable bonds is 11. The van der Waals surface area contributed by atoms with Crippen LogP contribution in [0.1, 0.15) is 67.2 Å². The van der Waals surface area contributed by atoms with Crippen molar-refractivity contribution in [3.8, 4) is 5.69 Å². The van der Waals surface area contributed by atoms with E-state index in [1.54, 1.807) is 53.7 Å². The molecule has 1 aromatic carbocycles. The third-order valence-electron chi connectivity index (χ3n) is 9.17. The summed E-state index contributed by atoms with van der Waals surface area (Å²) in [5, 5.41) is 7.43. The van der Waals surface area contributed by atoms with Crippen molar-refractivity contribution in [3.05, 3.63) is 61.4 Å². The molecule has 3 fully saturated rings. The second-order valence-corrected chi connectivity index (χ2v) is 17.6. The molecule has 5 amide bonds. The molecule has 5 rings (SSSR count). The fraction of sp³-hybridized carbons (Fsp3) is 0.528. The van der Waals surface area contributed by atoms with E-state index in [1.165, 1.54) is 11.0 Å². The summed E-state index contributed by atoms with van der Waals surface area (Å²) in [6.45, 7) is 13.8. The van der Waals surface area contributed by atoms with E-state index in [-0.39, 0.29) is 19.4 Å². The highest BCUT2D eigenvalue weighted by molar-refractivity contribution is 7.91. The Labute approximate surface area is 303 Å². The third kappa shape index (κ3) is 8.77. The molecule has 5 atom stereocenters. The monoisotopic (exact) mass is 740 g/mol. The van der Waals surface area contributed by atoms with Gasteiger partial charge in [0.15, 0.2) is 0 Å². The number of alkyl carbamates (subject to hydrolysis) is 1. The van der Waals surface area contributed by atoms with Gasteiger partial charge in [0.1, 0.15) is 29.3 Å². The van der Waals surface area contributed by atoms with Gasteiger partial charge in [-0.2, -0.15) is 0 Å².